The van der Waals surface area contributed by atoms with Gasteiger partial charge in [0.1, 0.15) is 17.6 Å². The van der Waals surface area contributed by atoms with Crippen molar-refractivity contribution in [2.45, 2.75) is 18.8 Å². The first-order valence-electron chi connectivity index (χ1n) is 9.84. The van der Waals surface area contributed by atoms with Gasteiger partial charge in [0, 0.05) is 12.1 Å². The average Bonchev–Trinajstić information content (AvgIpc) is 3.44. The molecule has 3 N–H and O–H groups in total. The van der Waals surface area contributed by atoms with E-state index in [2.05, 4.69) is 25.4 Å². The van der Waals surface area contributed by atoms with E-state index in [0.29, 0.717) is 23.5 Å². The minimum atomic E-state index is -4.64. The van der Waals surface area contributed by atoms with E-state index in [1.54, 1.807) is 30.3 Å². The van der Waals surface area contributed by atoms with Gasteiger partial charge in [0.05, 0.1) is 30.7 Å². The van der Waals surface area contributed by atoms with Crippen LogP contribution in [0.5, 0.6) is 0 Å². The van der Waals surface area contributed by atoms with Crippen molar-refractivity contribution in [3.63, 3.8) is 0 Å². The quantitative estimate of drug-likeness (QED) is 0.525. The van der Waals surface area contributed by atoms with Gasteiger partial charge in [0.2, 0.25) is 0 Å². The highest BCUT2D eigenvalue weighted by molar-refractivity contribution is 6.09. The Morgan fingerprint density at radius 3 is 2.64 bits per heavy atom. The molecule has 0 saturated carbocycles. The number of anilines is 1. The molecule has 3 aromatic rings. The Balaban J connectivity index is 1.66. The molecule has 33 heavy (non-hydrogen) atoms. The molecule has 1 aromatic carbocycles. The van der Waals surface area contributed by atoms with Gasteiger partial charge in [-0.05, 0) is 18.2 Å². The third kappa shape index (κ3) is 5.06. The lowest BCUT2D eigenvalue weighted by molar-refractivity contribution is -0.144. The fraction of sp³-hybridized carbons (Fsp3) is 0.238. The molecule has 1 unspecified atom stereocenters. The number of nitrogens with one attached hydrogen (secondary N) is 1. The molecular formula is C21H18F5N7. The summed E-state index contributed by atoms with van der Waals surface area (Å²) in [4.78, 5) is 12.2. The van der Waals surface area contributed by atoms with E-state index in [4.69, 9.17) is 5.73 Å². The molecule has 0 fully saturated rings. The van der Waals surface area contributed by atoms with E-state index < -0.39 is 36.2 Å². The van der Waals surface area contributed by atoms with E-state index in [1.165, 1.54) is 10.7 Å². The van der Waals surface area contributed by atoms with Crippen LogP contribution < -0.4 is 11.1 Å². The summed E-state index contributed by atoms with van der Waals surface area (Å²) in [6.07, 6.45) is -0.187. The molecule has 4 rings (SSSR count). The number of aromatic nitrogens is 4. The van der Waals surface area contributed by atoms with Gasteiger partial charge in [0.25, 0.3) is 0 Å². The lowest BCUT2D eigenvalue weighted by Crippen LogP contribution is -2.43. The number of rotatable bonds is 7. The highest BCUT2D eigenvalue weighted by Crippen LogP contribution is 2.23. The first-order valence-corrected chi connectivity index (χ1v) is 9.84. The number of aliphatic imine (C=N–C) groups is 1. The van der Waals surface area contributed by atoms with Crippen molar-refractivity contribution >= 4 is 11.5 Å². The van der Waals surface area contributed by atoms with Crippen LogP contribution in [-0.2, 0) is 6.54 Å². The molecule has 12 heteroatoms. The maximum Gasteiger partial charge on any atom is 0.405 e. The fourth-order valence-electron chi connectivity index (χ4n) is 3.11. The van der Waals surface area contributed by atoms with Gasteiger partial charge in [-0.15, -0.1) is 0 Å². The molecule has 1 atom stereocenters. The molecule has 172 valence electrons. The summed E-state index contributed by atoms with van der Waals surface area (Å²) in [5.41, 5.74) is 6.83. The van der Waals surface area contributed by atoms with E-state index in [-0.39, 0.29) is 18.1 Å². The normalized spacial score (nSPS) is 14.4. The number of allylic oxidation sites excluding steroid dienone is 1. The minimum absolute atomic E-state index is 0.0319. The molecule has 0 amide bonds. The van der Waals surface area contributed by atoms with Crippen LogP contribution >= 0.6 is 0 Å². The zero-order chi connectivity index (χ0) is 23.6. The van der Waals surface area contributed by atoms with Crippen LogP contribution in [0.1, 0.15) is 11.3 Å². The first kappa shape index (κ1) is 22.5. The summed E-state index contributed by atoms with van der Waals surface area (Å²) in [6, 6.07) is 5.63. The lowest BCUT2D eigenvalue weighted by Gasteiger charge is -2.16. The third-order valence-electron chi connectivity index (χ3n) is 4.85. The van der Waals surface area contributed by atoms with Crippen molar-refractivity contribution in [3.05, 3.63) is 71.6 Å². The lowest BCUT2D eigenvalue weighted by atomic mass is 10.2. The first-order chi connectivity index (χ1) is 15.7. The zero-order valence-electron chi connectivity index (χ0n) is 17.0. The number of benzene rings is 1. The Labute approximate surface area is 184 Å². The van der Waals surface area contributed by atoms with E-state index >= 15 is 0 Å². The molecule has 0 radical (unpaired) electrons. The van der Waals surface area contributed by atoms with Crippen LogP contribution in [0.2, 0.25) is 0 Å². The number of hydrogen-bond acceptors (Lipinski definition) is 6. The van der Waals surface area contributed by atoms with E-state index in [1.807, 2.05) is 6.08 Å². The van der Waals surface area contributed by atoms with Crippen molar-refractivity contribution in [2.75, 3.05) is 18.4 Å². The molecule has 0 bridgehead atoms. The second-order valence-corrected chi connectivity index (χ2v) is 7.21. The predicted molar refractivity (Wildman–Crippen MR) is 112 cm³/mol. The monoisotopic (exact) mass is 463 g/mol. The molecule has 0 spiro atoms. The van der Waals surface area contributed by atoms with Crippen molar-refractivity contribution in [1.82, 2.24) is 19.7 Å². The van der Waals surface area contributed by atoms with Gasteiger partial charge in [-0.1, -0.05) is 24.3 Å². The minimum Gasteiger partial charge on any atom is -0.366 e. The Kier molecular flexibility index (Phi) is 6.18. The number of halogens is 5. The Morgan fingerprint density at radius 2 is 1.94 bits per heavy atom. The second-order valence-electron chi connectivity index (χ2n) is 7.21. The topological polar surface area (TPSA) is 94.0 Å². The predicted octanol–water partition coefficient (Wildman–Crippen LogP) is 3.33. The molecular weight excluding hydrogens is 445 g/mol. The van der Waals surface area contributed by atoms with Gasteiger partial charge in [-0.3, -0.25) is 9.67 Å². The van der Waals surface area contributed by atoms with Crippen molar-refractivity contribution in [1.29, 1.82) is 0 Å². The SMILES string of the molecule is NC(CNc1nc(-c2cc(C3=NCC=C3)n(Cc3ccccc3F)n2)ncc1F)C(F)(F)F. The van der Waals surface area contributed by atoms with Gasteiger partial charge < -0.3 is 11.1 Å². The molecule has 1 aliphatic heterocycles. The smallest absolute Gasteiger partial charge is 0.366 e. The van der Waals surface area contributed by atoms with Crippen LogP contribution in [0.15, 0.2) is 53.7 Å². The summed E-state index contributed by atoms with van der Waals surface area (Å²) in [6.45, 7) is -0.205. The summed E-state index contributed by atoms with van der Waals surface area (Å²) >= 11 is 0. The summed E-state index contributed by atoms with van der Waals surface area (Å²) in [5, 5.41) is 6.69. The van der Waals surface area contributed by atoms with Gasteiger partial charge in [-0.25, -0.2) is 18.7 Å². The number of nitrogens with zero attached hydrogens (tertiary/aromatic N) is 5. The van der Waals surface area contributed by atoms with Crippen LogP contribution in [0, 0.1) is 11.6 Å². The Hall–Kier alpha value is -3.67. The largest absolute Gasteiger partial charge is 0.405 e. The third-order valence-corrected chi connectivity index (χ3v) is 4.85. The summed E-state index contributed by atoms with van der Waals surface area (Å²) < 4.78 is 67.8. The molecule has 0 saturated heterocycles. The van der Waals surface area contributed by atoms with Gasteiger partial charge >= 0.3 is 6.18 Å². The zero-order valence-corrected chi connectivity index (χ0v) is 17.0. The summed E-state index contributed by atoms with van der Waals surface area (Å²) in [5.74, 6) is -1.82. The second kappa shape index (κ2) is 9.06. The fourth-order valence-corrected chi connectivity index (χ4v) is 3.11. The maximum absolute atomic E-state index is 14.2. The van der Waals surface area contributed by atoms with Gasteiger partial charge in [-0.2, -0.15) is 18.3 Å². The van der Waals surface area contributed by atoms with Crippen LogP contribution in [0.25, 0.3) is 11.5 Å². The van der Waals surface area contributed by atoms with E-state index in [0.717, 1.165) is 6.20 Å². The summed E-state index contributed by atoms with van der Waals surface area (Å²) in [7, 11) is 0. The van der Waals surface area contributed by atoms with Crippen LogP contribution in [0.4, 0.5) is 27.8 Å². The number of nitrogens with two attached hydrogens (primary N) is 1. The van der Waals surface area contributed by atoms with E-state index in [9.17, 15) is 22.0 Å². The average molecular weight is 463 g/mol. The van der Waals surface area contributed by atoms with Gasteiger partial charge in [0.15, 0.2) is 17.5 Å². The van der Waals surface area contributed by atoms with Crippen molar-refractivity contribution in [2.24, 2.45) is 10.7 Å². The number of alkyl halides is 3. The van der Waals surface area contributed by atoms with Crippen molar-refractivity contribution in [3.8, 4) is 11.5 Å². The highest BCUT2D eigenvalue weighted by Gasteiger charge is 2.36. The molecule has 1 aliphatic rings. The molecule has 2 aromatic heterocycles. The van der Waals surface area contributed by atoms with Crippen LogP contribution in [0.3, 0.4) is 0 Å². The Bertz CT molecular complexity index is 1220. The number of hydrogen-bond donors (Lipinski definition) is 2. The molecule has 0 aliphatic carbocycles. The molecule has 3 heterocycles. The molecule has 7 nitrogen and oxygen atoms in total. The van der Waals surface area contributed by atoms with Crippen LogP contribution in [-0.4, -0.2) is 50.8 Å². The highest BCUT2D eigenvalue weighted by atomic mass is 19.4. The maximum atomic E-state index is 14.2. The standard InChI is InChI=1S/C21H18F5N7/c22-13-5-2-1-4-12(13)11-33-17(15-6-3-7-28-15)8-16(32-33)20-29-9-14(23)19(31-20)30-10-18(27)21(24,25)26/h1-6,8-9,18H,7,10-11,27H2,(H,29,30,31). The Morgan fingerprint density at radius 1 is 1.15 bits per heavy atom. The van der Waals surface area contributed by atoms with Crippen molar-refractivity contribution < 1.29 is 22.0 Å².